The number of benzene rings is 3. The molecule has 2 heterocycles. The molecule has 162 valence electrons. The molecule has 0 radical (unpaired) electrons. The Hall–Kier alpha value is -3.18. The van der Waals surface area contributed by atoms with Crippen molar-refractivity contribution in [3.05, 3.63) is 95.1 Å². The summed E-state index contributed by atoms with van der Waals surface area (Å²) >= 11 is 1.75. The van der Waals surface area contributed by atoms with E-state index in [1.807, 2.05) is 41.3 Å². The van der Waals surface area contributed by atoms with Crippen LogP contribution in [0.4, 0.5) is 5.13 Å². The molecule has 0 N–H and O–H groups in total. The smallest absolute Gasteiger partial charge is 0.234 e. The fraction of sp³-hybridized carbons (Fsp3) is 0.259. The van der Waals surface area contributed by atoms with Crippen LogP contribution in [0.25, 0.3) is 10.2 Å². The summed E-state index contributed by atoms with van der Waals surface area (Å²) in [6.07, 6.45) is 0. The summed E-state index contributed by atoms with van der Waals surface area (Å²) in [6, 6.07) is 24.6. The molecule has 1 fully saturated rings. The van der Waals surface area contributed by atoms with Gasteiger partial charge < -0.3 is 9.80 Å². The SMILES string of the molecule is Cc1cc(C)c2nc(N3CCN(C(=O)C(c4ccccc4)c4ccccc4)CC3)sc2c1. The van der Waals surface area contributed by atoms with Crippen molar-refractivity contribution in [1.82, 2.24) is 9.88 Å². The average Bonchev–Trinajstić information content (AvgIpc) is 3.25. The highest BCUT2D eigenvalue weighted by Crippen LogP contribution is 2.33. The molecule has 0 spiro atoms. The summed E-state index contributed by atoms with van der Waals surface area (Å²) in [5.74, 6) is -0.0881. The Kier molecular flexibility index (Phi) is 5.66. The lowest BCUT2D eigenvalue weighted by Crippen LogP contribution is -2.50. The molecule has 1 saturated heterocycles. The summed E-state index contributed by atoms with van der Waals surface area (Å²) in [6.45, 7) is 7.29. The van der Waals surface area contributed by atoms with Crippen molar-refractivity contribution in [2.45, 2.75) is 19.8 Å². The summed E-state index contributed by atoms with van der Waals surface area (Å²) in [5, 5.41) is 1.06. The Morgan fingerprint density at radius 1 is 0.875 bits per heavy atom. The quantitative estimate of drug-likeness (QED) is 0.426. The molecule has 1 aromatic heterocycles. The fourth-order valence-electron chi connectivity index (χ4n) is 4.56. The molecule has 5 heteroatoms. The number of hydrogen-bond acceptors (Lipinski definition) is 4. The van der Waals surface area contributed by atoms with Crippen molar-refractivity contribution < 1.29 is 4.79 Å². The molecule has 1 aliphatic heterocycles. The molecule has 0 aliphatic carbocycles. The molecule has 0 unspecified atom stereocenters. The van der Waals surface area contributed by atoms with E-state index >= 15 is 0 Å². The Morgan fingerprint density at radius 3 is 2.06 bits per heavy atom. The summed E-state index contributed by atoms with van der Waals surface area (Å²) in [5.41, 5.74) is 5.69. The fourth-order valence-corrected chi connectivity index (χ4v) is 5.76. The van der Waals surface area contributed by atoms with E-state index in [1.165, 1.54) is 15.8 Å². The Balaban J connectivity index is 1.35. The number of anilines is 1. The van der Waals surface area contributed by atoms with E-state index in [2.05, 4.69) is 55.1 Å². The number of hydrogen-bond donors (Lipinski definition) is 0. The van der Waals surface area contributed by atoms with Gasteiger partial charge >= 0.3 is 0 Å². The predicted molar refractivity (Wildman–Crippen MR) is 133 cm³/mol. The lowest BCUT2D eigenvalue weighted by Gasteiger charge is -2.36. The minimum absolute atomic E-state index is 0.179. The van der Waals surface area contributed by atoms with E-state index in [-0.39, 0.29) is 11.8 Å². The van der Waals surface area contributed by atoms with E-state index in [0.29, 0.717) is 13.1 Å². The van der Waals surface area contributed by atoms with Crippen LogP contribution in [0.5, 0.6) is 0 Å². The van der Waals surface area contributed by atoms with Crippen molar-refractivity contribution in [2.24, 2.45) is 0 Å². The van der Waals surface area contributed by atoms with E-state index in [4.69, 9.17) is 4.98 Å². The van der Waals surface area contributed by atoms with Crippen molar-refractivity contribution in [2.75, 3.05) is 31.1 Å². The number of carbonyl (C=O) groups is 1. The first-order valence-corrected chi connectivity index (χ1v) is 11.9. The monoisotopic (exact) mass is 441 g/mol. The molecular formula is C27H27N3OS. The molecule has 4 nitrogen and oxygen atoms in total. The lowest BCUT2D eigenvalue weighted by atomic mass is 9.90. The van der Waals surface area contributed by atoms with Crippen LogP contribution >= 0.6 is 11.3 Å². The first kappa shape index (κ1) is 20.7. The lowest BCUT2D eigenvalue weighted by molar-refractivity contribution is -0.132. The van der Waals surface area contributed by atoms with Crippen molar-refractivity contribution in [3.8, 4) is 0 Å². The van der Waals surface area contributed by atoms with E-state index in [0.717, 1.165) is 34.9 Å². The standard InChI is InChI=1S/C27H27N3OS/c1-19-17-20(2)25-23(18-19)32-27(28-25)30-15-13-29(14-16-30)26(31)24(21-9-5-3-6-10-21)22-11-7-4-8-12-22/h3-12,17-18,24H,13-16H2,1-2H3. The van der Waals surface area contributed by atoms with Crippen LogP contribution in [0.1, 0.15) is 28.2 Å². The third-order valence-electron chi connectivity index (χ3n) is 6.19. The predicted octanol–water partition coefficient (Wildman–Crippen LogP) is 5.39. The normalized spacial score (nSPS) is 14.3. The molecule has 32 heavy (non-hydrogen) atoms. The van der Waals surface area contributed by atoms with Gasteiger partial charge in [-0.1, -0.05) is 78.1 Å². The highest BCUT2D eigenvalue weighted by atomic mass is 32.1. The zero-order valence-electron chi connectivity index (χ0n) is 18.5. The highest BCUT2D eigenvalue weighted by molar-refractivity contribution is 7.22. The highest BCUT2D eigenvalue weighted by Gasteiger charge is 2.30. The minimum Gasteiger partial charge on any atom is -0.345 e. The summed E-state index contributed by atoms with van der Waals surface area (Å²) in [4.78, 5) is 22.9. The molecule has 4 aromatic rings. The average molecular weight is 442 g/mol. The molecule has 0 saturated carbocycles. The topological polar surface area (TPSA) is 36.4 Å². The summed E-state index contributed by atoms with van der Waals surface area (Å²) < 4.78 is 1.24. The molecule has 1 amide bonds. The first-order valence-electron chi connectivity index (χ1n) is 11.1. The number of nitrogens with zero attached hydrogens (tertiary/aromatic N) is 3. The van der Waals surface area contributed by atoms with Crippen molar-refractivity contribution >= 4 is 32.6 Å². The van der Waals surface area contributed by atoms with Gasteiger partial charge in [0, 0.05) is 26.2 Å². The van der Waals surface area contributed by atoms with Crippen LogP contribution in [0.15, 0.2) is 72.8 Å². The van der Waals surface area contributed by atoms with Crippen molar-refractivity contribution in [1.29, 1.82) is 0 Å². The molecule has 5 rings (SSSR count). The molecule has 1 aliphatic rings. The third-order valence-corrected chi connectivity index (χ3v) is 7.26. The van der Waals surface area contributed by atoms with E-state index in [1.54, 1.807) is 11.3 Å². The first-order chi connectivity index (χ1) is 15.6. The number of piperazine rings is 1. The molecule has 3 aromatic carbocycles. The maximum Gasteiger partial charge on any atom is 0.234 e. The van der Waals surface area contributed by atoms with Crippen LogP contribution in [-0.2, 0) is 4.79 Å². The van der Waals surface area contributed by atoms with Gasteiger partial charge in [-0.3, -0.25) is 4.79 Å². The van der Waals surface area contributed by atoms with E-state index in [9.17, 15) is 4.79 Å². The summed E-state index contributed by atoms with van der Waals surface area (Å²) in [7, 11) is 0. The van der Waals surface area contributed by atoms with Gasteiger partial charge in [-0.05, 0) is 42.2 Å². The van der Waals surface area contributed by atoms with E-state index < -0.39 is 0 Å². The van der Waals surface area contributed by atoms with Gasteiger partial charge in [0.2, 0.25) is 5.91 Å². The second-order valence-electron chi connectivity index (χ2n) is 8.49. The molecular weight excluding hydrogens is 414 g/mol. The van der Waals surface area contributed by atoms with Crippen LogP contribution < -0.4 is 4.90 Å². The van der Waals surface area contributed by atoms with Gasteiger partial charge in [0.05, 0.1) is 16.1 Å². The van der Waals surface area contributed by atoms with Gasteiger partial charge in [-0.15, -0.1) is 0 Å². The number of aromatic nitrogens is 1. The van der Waals surface area contributed by atoms with Crippen LogP contribution in [-0.4, -0.2) is 42.0 Å². The number of thiazole rings is 1. The minimum atomic E-state index is -0.267. The number of rotatable bonds is 4. The van der Waals surface area contributed by atoms with Gasteiger partial charge in [-0.2, -0.15) is 0 Å². The third kappa shape index (κ3) is 4.00. The van der Waals surface area contributed by atoms with Crippen LogP contribution in [0, 0.1) is 13.8 Å². The van der Waals surface area contributed by atoms with Gasteiger partial charge in [0.15, 0.2) is 5.13 Å². The Morgan fingerprint density at radius 2 is 1.47 bits per heavy atom. The maximum absolute atomic E-state index is 13.7. The van der Waals surface area contributed by atoms with Crippen LogP contribution in [0.2, 0.25) is 0 Å². The Labute approximate surface area is 193 Å². The Bertz CT molecular complexity index is 1190. The molecule has 0 bridgehead atoms. The number of aryl methyl sites for hydroxylation is 2. The number of carbonyl (C=O) groups excluding carboxylic acids is 1. The number of fused-ring (bicyclic) bond motifs is 1. The van der Waals surface area contributed by atoms with Crippen molar-refractivity contribution in [3.63, 3.8) is 0 Å². The second-order valence-corrected chi connectivity index (χ2v) is 9.50. The van der Waals surface area contributed by atoms with Gasteiger partial charge in [0.1, 0.15) is 0 Å². The number of amides is 1. The maximum atomic E-state index is 13.7. The van der Waals surface area contributed by atoms with Crippen LogP contribution in [0.3, 0.4) is 0 Å². The largest absolute Gasteiger partial charge is 0.345 e. The zero-order chi connectivity index (χ0) is 22.1. The zero-order valence-corrected chi connectivity index (χ0v) is 19.3. The second kappa shape index (κ2) is 8.75. The van der Waals surface area contributed by atoms with Gasteiger partial charge in [-0.25, -0.2) is 4.98 Å². The van der Waals surface area contributed by atoms with Gasteiger partial charge in [0.25, 0.3) is 0 Å². The molecule has 0 atom stereocenters.